The third kappa shape index (κ3) is 2.81. The maximum Gasteiger partial charge on any atom is 0.137 e. The summed E-state index contributed by atoms with van der Waals surface area (Å²) < 4.78 is 19.0. The first-order chi connectivity index (χ1) is 7.66. The van der Waals surface area contributed by atoms with Gasteiger partial charge in [-0.25, -0.2) is 4.39 Å². The molecule has 0 saturated carbocycles. The molecule has 2 atom stereocenters. The van der Waals surface area contributed by atoms with Gasteiger partial charge in [0.25, 0.3) is 0 Å². The quantitative estimate of drug-likeness (QED) is 0.923. The van der Waals surface area contributed by atoms with Crippen LogP contribution in [0, 0.1) is 5.82 Å². The molecule has 0 radical (unpaired) electrons. The predicted octanol–water partition coefficient (Wildman–Crippen LogP) is 2.86. The van der Waals surface area contributed by atoms with Crippen molar-refractivity contribution in [1.82, 2.24) is 5.32 Å². The van der Waals surface area contributed by atoms with Gasteiger partial charge < -0.3 is 10.1 Å². The smallest absolute Gasteiger partial charge is 0.137 e. The molecule has 16 heavy (non-hydrogen) atoms. The van der Waals surface area contributed by atoms with Crippen molar-refractivity contribution in [2.75, 3.05) is 6.61 Å². The third-order valence-corrected chi connectivity index (χ3v) is 3.54. The van der Waals surface area contributed by atoms with Gasteiger partial charge in [-0.3, -0.25) is 0 Å². The Kier molecular flexibility index (Phi) is 3.95. The number of benzene rings is 1. The fourth-order valence-electron chi connectivity index (χ4n) is 1.90. The molecule has 0 spiro atoms. The Morgan fingerprint density at radius 2 is 2.38 bits per heavy atom. The largest absolute Gasteiger partial charge is 0.377 e. The van der Waals surface area contributed by atoms with E-state index in [1.165, 1.54) is 6.07 Å². The SMILES string of the molecule is CC1OCCC1NCc1ccc(F)c(Br)c1. The van der Waals surface area contributed by atoms with Crippen LogP contribution in [0.4, 0.5) is 4.39 Å². The van der Waals surface area contributed by atoms with Gasteiger partial charge in [0, 0.05) is 19.2 Å². The van der Waals surface area contributed by atoms with Crippen molar-refractivity contribution >= 4 is 15.9 Å². The zero-order valence-corrected chi connectivity index (χ0v) is 10.8. The maximum absolute atomic E-state index is 13.0. The summed E-state index contributed by atoms with van der Waals surface area (Å²) in [5.74, 6) is -0.221. The molecule has 1 fully saturated rings. The third-order valence-electron chi connectivity index (χ3n) is 2.93. The number of nitrogens with one attached hydrogen (secondary N) is 1. The van der Waals surface area contributed by atoms with E-state index in [1.54, 1.807) is 6.07 Å². The minimum Gasteiger partial charge on any atom is -0.377 e. The van der Waals surface area contributed by atoms with Crippen LogP contribution in [-0.2, 0) is 11.3 Å². The molecule has 2 nitrogen and oxygen atoms in total. The molecular weight excluding hydrogens is 273 g/mol. The molecular formula is C12H15BrFNO. The molecule has 1 aromatic carbocycles. The number of hydrogen-bond acceptors (Lipinski definition) is 2. The van der Waals surface area contributed by atoms with E-state index < -0.39 is 0 Å². The molecule has 1 heterocycles. The topological polar surface area (TPSA) is 21.3 Å². The Morgan fingerprint density at radius 1 is 1.56 bits per heavy atom. The lowest BCUT2D eigenvalue weighted by molar-refractivity contribution is 0.113. The highest BCUT2D eigenvalue weighted by Gasteiger charge is 2.23. The summed E-state index contributed by atoms with van der Waals surface area (Å²) in [4.78, 5) is 0. The molecule has 88 valence electrons. The standard InChI is InChI=1S/C12H15BrFNO/c1-8-12(4-5-16-8)15-7-9-2-3-11(14)10(13)6-9/h2-3,6,8,12,15H,4-5,7H2,1H3. The molecule has 1 N–H and O–H groups in total. The number of hydrogen-bond donors (Lipinski definition) is 1. The van der Waals surface area contributed by atoms with Crippen LogP contribution in [0.25, 0.3) is 0 Å². The van der Waals surface area contributed by atoms with Crippen molar-refractivity contribution in [3.63, 3.8) is 0 Å². The van der Waals surface area contributed by atoms with Crippen LogP contribution in [0.3, 0.4) is 0 Å². The average molecular weight is 288 g/mol. The Balaban J connectivity index is 1.91. The van der Waals surface area contributed by atoms with E-state index in [9.17, 15) is 4.39 Å². The number of halogens is 2. The van der Waals surface area contributed by atoms with Gasteiger partial charge in [0.15, 0.2) is 0 Å². The monoisotopic (exact) mass is 287 g/mol. The van der Waals surface area contributed by atoms with Gasteiger partial charge in [0.2, 0.25) is 0 Å². The summed E-state index contributed by atoms with van der Waals surface area (Å²) in [7, 11) is 0. The minimum atomic E-state index is -0.221. The van der Waals surface area contributed by atoms with Crippen LogP contribution in [-0.4, -0.2) is 18.8 Å². The van der Waals surface area contributed by atoms with E-state index in [1.807, 2.05) is 6.07 Å². The second-order valence-electron chi connectivity index (χ2n) is 4.10. The van der Waals surface area contributed by atoms with Crippen molar-refractivity contribution < 1.29 is 9.13 Å². The predicted molar refractivity (Wildman–Crippen MR) is 64.8 cm³/mol. The van der Waals surface area contributed by atoms with E-state index in [-0.39, 0.29) is 11.9 Å². The molecule has 0 bridgehead atoms. The first kappa shape index (κ1) is 12.0. The van der Waals surface area contributed by atoms with Crippen LogP contribution in [0.5, 0.6) is 0 Å². The fourth-order valence-corrected chi connectivity index (χ4v) is 2.32. The molecule has 1 aromatic rings. The van der Waals surface area contributed by atoms with Crippen molar-refractivity contribution in [2.24, 2.45) is 0 Å². The Bertz CT molecular complexity index is 372. The summed E-state index contributed by atoms with van der Waals surface area (Å²) in [5, 5.41) is 3.43. The molecule has 2 rings (SSSR count). The maximum atomic E-state index is 13.0. The van der Waals surface area contributed by atoms with Gasteiger partial charge in [-0.05, 0) is 47.0 Å². The van der Waals surface area contributed by atoms with Gasteiger partial charge in [0.1, 0.15) is 5.82 Å². The molecule has 4 heteroatoms. The van der Waals surface area contributed by atoms with E-state index in [0.29, 0.717) is 10.5 Å². The highest BCUT2D eigenvalue weighted by Crippen LogP contribution is 2.18. The molecule has 0 aliphatic carbocycles. The second kappa shape index (κ2) is 5.25. The first-order valence-electron chi connectivity index (χ1n) is 5.46. The highest BCUT2D eigenvalue weighted by atomic mass is 79.9. The summed E-state index contributed by atoms with van der Waals surface area (Å²) in [6, 6.07) is 5.50. The second-order valence-corrected chi connectivity index (χ2v) is 4.95. The Morgan fingerprint density at radius 3 is 3.00 bits per heavy atom. The van der Waals surface area contributed by atoms with E-state index in [2.05, 4.69) is 28.2 Å². The summed E-state index contributed by atoms with van der Waals surface area (Å²) in [6.45, 7) is 3.65. The van der Waals surface area contributed by atoms with Gasteiger partial charge in [-0.1, -0.05) is 6.07 Å². The van der Waals surface area contributed by atoms with Crippen molar-refractivity contribution in [1.29, 1.82) is 0 Å². The van der Waals surface area contributed by atoms with E-state index >= 15 is 0 Å². The molecule has 1 aliphatic rings. The summed E-state index contributed by atoms with van der Waals surface area (Å²) in [6.07, 6.45) is 1.31. The lowest BCUT2D eigenvalue weighted by atomic mass is 10.1. The Labute approximate surface area is 103 Å². The molecule has 1 saturated heterocycles. The molecule has 0 aromatic heterocycles. The summed E-state index contributed by atoms with van der Waals surface area (Å²) in [5.41, 5.74) is 1.08. The van der Waals surface area contributed by atoms with Crippen LogP contribution in [0.2, 0.25) is 0 Å². The number of rotatable bonds is 3. The van der Waals surface area contributed by atoms with Crippen LogP contribution < -0.4 is 5.32 Å². The lowest BCUT2D eigenvalue weighted by Crippen LogP contribution is -2.34. The van der Waals surface area contributed by atoms with Gasteiger partial charge in [0.05, 0.1) is 10.6 Å². The molecule has 1 aliphatic heterocycles. The lowest BCUT2D eigenvalue weighted by Gasteiger charge is -2.16. The zero-order chi connectivity index (χ0) is 11.5. The van der Waals surface area contributed by atoms with Crippen molar-refractivity contribution in [2.45, 2.75) is 32.0 Å². The van der Waals surface area contributed by atoms with Gasteiger partial charge in [-0.2, -0.15) is 0 Å². The highest BCUT2D eigenvalue weighted by molar-refractivity contribution is 9.10. The normalized spacial score (nSPS) is 24.9. The van der Waals surface area contributed by atoms with Gasteiger partial charge >= 0.3 is 0 Å². The van der Waals surface area contributed by atoms with Gasteiger partial charge in [-0.15, -0.1) is 0 Å². The van der Waals surface area contributed by atoms with E-state index in [0.717, 1.165) is 25.1 Å². The molecule has 2 unspecified atom stereocenters. The number of ether oxygens (including phenoxy) is 1. The average Bonchev–Trinajstić information content (AvgIpc) is 2.66. The Hall–Kier alpha value is -0.450. The van der Waals surface area contributed by atoms with Crippen LogP contribution in [0.15, 0.2) is 22.7 Å². The zero-order valence-electron chi connectivity index (χ0n) is 9.17. The van der Waals surface area contributed by atoms with Crippen LogP contribution >= 0.6 is 15.9 Å². The molecule has 0 amide bonds. The summed E-state index contributed by atoms with van der Waals surface area (Å²) >= 11 is 3.18. The van der Waals surface area contributed by atoms with Crippen LogP contribution in [0.1, 0.15) is 18.9 Å². The van der Waals surface area contributed by atoms with Crippen molar-refractivity contribution in [3.05, 3.63) is 34.1 Å². The van der Waals surface area contributed by atoms with Crippen molar-refractivity contribution in [3.8, 4) is 0 Å². The van der Waals surface area contributed by atoms with E-state index in [4.69, 9.17) is 4.74 Å². The minimum absolute atomic E-state index is 0.221. The fraction of sp³-hybridized carbons (Fsp3) is 0.500. The first-order valence-corrected chi connectivity index (χ1v) is 6.25.